The lowest BCUT2D eigenvalue weighted by molar-refractivity contribution is -0.137. The molecule has 0 bridgehead atoms. The lowest BCUT2D eigenvalue weighted by Crippen LogP contribution is -1.93. The van der Waals surface area contributed by atoms with Crippen LogP contribution in [-0.2, 0) is 4.79 Å². The van der Waals surface area contributed by atoms with E-state index < -0.39 is 5.97 Å². The summed E-state index contributed by atoms with van der Waals surface area (Å²) in [5.74, 6) is -0.0511. The predicted molar refractivity (Wildman–Crippen MR) is 179 cm³/mol. The lowest BCUT2D eigenvalue weighted by Gasteiger charge is -2.08. The average Bonchev–Trinajstić information content (AvgIpc) is 2.94. The van der Waals surface area contributed by atoms with Gasteiger partial charge in [0.25, 0.3) is 0 Å². The molecule has 0 aromatic rings. The summed E-state index contributed by atoms with van der Waals surface area (Å²) in [6.45, 7) is 4.59. The zero-order valence-corrected chi connectivity index (χ0v) is 27.5. The smallest absolute Gasteiger partial charge is 0.303 e. The SMILES string of the molecule is CCCCCCCCCCCCCCCCCCC=CC(/C=C\CCCCCCCC(=O)O)CCCCCCC. The molecule has 2 nitrogen and oxygen atoms in total. The first-order chi connectivity index (χ1) is 19.7. The second-order valence-corrected chi connectivity index (χ2v) is 12.5. The van der Waals surface area contributed by atoms with E-state index in [-0.39, 0.29) is 0 Å². The zero-order valence-electron chi connectivity index (χ0n) is 27.5. The predicted octanol–water partition coefficient (Wildman–Crippen LogP) is 13.5. The highest BCUT2D eigenvalue weighted by molar-refractivity contribution is 5.66. The Kier molecular flexibility index (Phi) is 33.3. The molecule has 1 atom stereocenters. The van der Waals surface area contributed by atoms with Crippen molar-refractivity contribution in [1.29, 1.82) is 0 Å². The van der Waals surface area contributed by atoms with Crippen molar-refractivity contribution in [1.82, 2.24) is 0 Å². The number of hydrogen-bond donors (Lipinski definition) is 1. The summed E-state index contributed by atoms with van der Waals surface area (Å²) in [5.41, 5.74) is 0. The Morgan fingerprint density at radius 1 is 0.475 bits per heavy atom. The number of carbonyl (C=O) groups is 1. The molecule has 0 amide bonds. The summed E-state index contributed by atoms with van der Waals surface area (Å²) in [6.07, 6.45) is 49.1. The minimum atomic E-state index is -0.661. The highest BCUT2D eigenvalue weighted by atomic mass is 16.4. The molecule has 0 rings (SSSR count). The summed E-state index contributed by atoms with van der Waals surface area (Å²) >= 11 is 0. The molecule has 40 heavy (non-hydrogen) atoms. The zero-order chi connectivity index (χ0) is 29.2. The van der Waals surface area contributed by atoms with Crippen LogP contribution in [0.1, 0.15) is 206 Å². The number of allylic oxidation sites excluding steroid dienone is 4. The molecule has 1 unspecified atom stereocenters. The monoisotopic (exact) mass is 561 g/mol. The standard InChI is InChI=1S/C38H72O2/c1-3-5-7-9-10-11-12-13-14-15-16-17-18-19-20-22-26-30-34-37(33-29-25-8-6-4-2)35-31-27-23-21-24-28-32-36-38(39)40/h30-31,34-35,37H,3-29,32-33,36H2,1-2H3,(H,39,40)/b34-30?,35-31-. The molecule has 0 aromatic heterocycles. The molecular formula is C38H72O2. The van der Waals surface area contributed by atoms with Crippen molar-refractivity contribution in [3.8, 4) is 0 Å². The van der Waals surface area contributed by atoms with E-state index in [2.05, 4.69) is 38.2 Å². The average molecular weight is 561 g/mol. The first-order valence-corrected chi connectivity index (χ1v) is 18.3. The maximum absolute atomic E-state index is 10.6. The maximum Gasteiger partial charge on any atom is 0.303 e. The Balaban J connectivity index is 3.81. The van der Waals surface area contributed by atoms with Gasteiger partial charge in [-0.05, 0) is 44.4 Å². The van der Waals surface area contributed by atoms with Gasteiger partial charge in [-0.15, -0.1) is 0 Å². The molecule has 0 aliphatic heterocycles. The van der Waals surface area contributed by atoms with Gasteiger partial charge in [0.15, 0.2) is 0 Å². The van der Waals surface area contributed by atoms with E-state index in [1.807, 2.05) is 0 Å². The quantitative estimate of drug-likeness (QED) is 0.0640. The lowest BCUT2D eigenvalue weighted by atomic mass is 9.98. The molecule has 0 heterocycles. The van der Waals surface area contributed by atoms with Gasteiger partial charge < -0.3 is 5.11 Å². The number of unbranched alkanes of at least 4 members (excludes halogenated alkanes) is 25. The fraction of sp³-hybridized carbons (Fsp3) is 0.868. The third-order valence-corrected chi connectivity index (χ3v) is 8.39. The van der Waals surface area contributed by atoms with Crippen LogP contribution < -0.4 is 0 Å². The van der Waals surface area contributed by atoms with E-state index in [1.54, 1.807) is 0 Å². The molecule has 0 aromatic carbocycles. The number of carboxylic acids is 1. The minimum Gasteiger partial charge on any atom is -0.481 e. The fourth-order valence-corrected chi connectivity index (χ4v) is 5.66. The third-order valence-electron chi connectivity index (χ3n) is 8.39. The molecule has 2 heteroatoms. The van der Waals surface area contributed by atoms with Crippen molar-refractivity contribution in [2.75, 3.05) is 0 Å². The highest BCUT2D eigenvalue weighted by Crippen LogP contribution is 2.18. The van der Waals surface area contributed by atoms with Crippen LogP contribution >= 0.6 is 0 Å². The molecular weight excluding hydrogens is 488 g/mol. The first kappa shape index (κ1) is 39.0. The molecule has 236 valence electrons. The summed E-state index contributed by atoms with van der Waals surface area (Å²) < 4.78 is 0. The third kappa shape index (κ3) is 33.2. The van der Waals surface area contributed by atoms with E-state index in [4.69, 9.17) is 5.11 Å². The van der Waals surface area contributed by atoms with Crippen LogP contribution in [-0.4, -0.2) is 11.1 Å². The fourth-order valence-electron chi connectivity index (χ4n) is 5.66. The van der Waals surface area contributed by atoms with Crippen LogP contribution in [0.2, 0.25) is 0 Å². The van der Waals surface area contributed by atoms with Gasteiger partial charge >= 0.3 is 5.97 Å². The number of carboxylic acid groups (broad SMARTS) is 1. The van der Waals surface area contributed by atoms with Crippen LogP contribution in [0.4, 0.5) is 0 Å². The van der Waals surface area contributed by atoms with Crippen molar-refractivity contribution in [2.45, 2.75) is 206 Å². The van der Waals surface area contributed by atoms with Crippen LogP contribution in [0, 0.1) is 5.92 Å². The highest BCUT2D eigenvalue weighted by Gasteiger charge is 2.01. The van der Waals surface area contributed by atoms with Crippen LogP contribution in [0.3, 0.4) is 0 Å². The second-order valence-electron chi connectivity index (χ2n) is 12.5. The van der Waals surface area contributed by atoms with E-state index in [0.29, 0.717) is 12.3 Å². The summed E-state index contributed by atoms with van der Waals surface area (Å²) in [5, 5.41) is 8.72. The Hall–Kier alpha value is -1.05. The Morgan fingerprint density at radius 3 is 1.18 bits per heavy atom. The van der Waals surface area contributed by atoms with Gasteiger partial charge in [0.05, 0.1) is 0 Å². The van der Waals surface area contributed by atoms with Crippen LogP contribution in [0.15, 0.2) is 24.3 Å². The number of aliphatic carboxylic acids is 1. The topological polar surface area (TPSA) is 37.3 Å². The van der Waals surface area contributed by atoms with Gasteiger partial charge in [0.2, 0.25) is 0 Å². The van der Waals surface area contributed by atoms with Gasteiger partial charge in [-0.2, -0.15) is 0 Å². The molecule has 0 spiro atoms. The second kappa shape index (κ2) is 34.2. The summed E-state index contributed by atoms with van der Waals surface area (Å²) in [7, 11) is 0. The normalized spacial score (nSPS) is 12.7. The van der Waals surface area contributed by atoms with Gasteiger partial charge in [0, 0.05) is 6.42 Å². The van der Waals surface area contributed by atoms with Crippen molar-refractivity contribution < 1.29 is 9.90 Å². The van der Waals surface area contributed by atoms with Crippen molar-refractivity contribution >= 4 is 5.97 Å². The Bertz CT molecular complexity index is 550. The maximum atomic E-state index is 10.6. The Labute approximate surface area is 252 Å². The molecule has 0 saturated heterocycles. The summed E-state index contributed by atoms with van der Waals surface area (Å²) in [6, 6.07) is 0. The van der Waals surface area contributed by atoms with E-state index in [9.17, 15) is 4.79 Å². The summed E-state index contributed by atoms with van der Waals surface area (Å²) in [4.78, 5) is 10.6. The minimum absolute atomic E-state index is 0.325. The van der Waals surface area contributed by atoms with Gasteiger partial charge in [-0.1, -0.05) is 186 Å². The van der Waals surface area contributed by atoms with Crippen molar-refractivity contribution in [3.05, 3.63) is 24.3 Å². The molecule has 1 N–H and O–H groups in total. The van der Waals surface area contributed by atoms with Crippen molar-refractivity contribution in [2.24, 2.45) is 5.92 Å². The molecule has 0 radical (unpaired) electrons. The van der Waals surface area contributed by atoms with E-state index in [1.165, 1.54) is 167 Å². The van der Waals surface area contributed by atoms with Crippen LogP contribution in [0.25, 0.3) is 0 Å². The van der Waals surface area contributed by atoms with Crippen molar-refractivity contribution in [3.63, 3.8) is 0 Å². The van der Waals surface area contributed by atoms with Gasteiger partial charge in [0.1, 0.15) is 0 Å². The van der Waals surface area contributed by atoms with E-state index >= 15 is 0 Å². The molecule has 0 aliphatic carbocycles. The van der Waals surface area contributed by atoms with Crippen LogP contribution in [0.5, 0.6) is 0 Å². The Morgan fingerprint density at radius 2 is 0.800 bits per heavy atom. The van der Waals surface area contributed by atoms with Gasteiger partial charge in [-0.3, -0.25) is 4.79 Å². The molecule has 0 aliphatic rings. The molecule has 0 saturated carbocycles. The van der Waals surface area contributed by atoms with E-state index in [0.717, 1.165) is 19.3 Å². The first-order valence-electron chi connectivity index (χ1n) is 18.3. The number of hydrogen-bond acceptors (Lipinski definition) is 1. The largest absolute Gasteiger partial charge is 0.481 e. The number of rotatable bonds is 33. The molecule has 0 fully saturated rings. The van der Waals surface area contributed by atoms with Gasteiger partial charge in [-0.25, -0.2) is 0 Å².